The van der Waals surface area contributed by atoms with E-state index in [-0.39, 0.29) is 5.56 Å². The van der Waals surface area contributed by atoms with Crippen LogP contribution in [-0.4, -0.2) is 19.3 Å². The van der Waals surface area contributed by atoms with E-state index >= 15 is 0 Å². The van der Waals surface area contributed by atoms with E-state index in [0.29, 0.717) is 21.0 Å². The van der Waals surface area contributed by atoms with Crippen molar-refractivity contribution in [2.24, 2.45) is 7.05 Å². The summed E-state index contributed by atoms with van der Waals surface area (Å²) in [7, 11) is 1.82. The Morgan fingerprint density at radius 2 is 2.11 bits per heavy atom. The van der Waals surface area contributed by atoms with Crippen molar-refractivity contribution in [3.63, 3.8) is 0 Å². The normalized spacial score (nSPS) is 10.9. The zero-order chi connectivity index (χ0) is 13.4. The molecule has 7 heteroatoms. The lowest BCUT2D eigenvalue weighted by Crippen LogP contribution is -2.27. The predicted molar refractivity (Wildman–Crippen MR) is 78.0 cm³/mol. The summed E-state index contributed by atoms with van der Waals surface area (Å²) in [6, 6.07) is 0. The van der Waals surface area contributed by atoms with Crippen molar-refractivity contribution in [2.45, 2.75) is 20.4 Å². The van der Waals surface area contributed by atoms with Gasteiger partial charge in [-0.05, 0) is 36.4 Å². The predicted octanol–water partition coefficient (Wildman–Crippen LogP) is 1.90. The first-order chi connectivity index (χ1) is 8.41. The van der Waals surface area contributed by atoms with E-state index in [0.717, 1.165) is 11.4 Å². The smallest absolute Gasteiger partial charge is 0.267 e. The number of rotatable bonds is 2. The molecule has 5 nitrogen and oxygen atoms in total. The van der Waals surface area contributed by atoms with Crippen LogP contribution in [0.1, 0.15) is 17.2 Å². The average molecular weight is 379 g/mol. The quantitative estimate of drug-likeness (QED) is 0.750. The molecule has 0 saturated heterocycles. The summed E-state index contributed by atoms with van der Waals surface area (Å²) in [4.78, 5) is 16.3. The van der Waals surface area contributed by atoms with Gasteiger partial charge in [-0.3, -0.25) is 14.0 Å². The first-order valence-electron chi connectivity index (χ1n) is 5.31. The fraction of sp³-hybridized carbons (Fsp3) is 0.364. The van der Waals surface area contributed by atoms with Gasteiger partial charge in [0.15, 0.2) is 0 Å². The number of aryl methyl sites for hydroxylation is 3. The van der Waals surface area contributed by atoms with E-state index in [9.17, 15) is 4.79 Å². The molecule has 0 radical (unpaired) electrons. The molecule has 0 aliphatic carbocycles. The van der Waals surface area contributed by atoms with E-state index in [1.54, 1.807) is 22.4 Å². The number of aromatic nitrogens is 4. The molecule has 2 aromatic rings. The lowest BCUT2D eigenvalue weighted by Gasteiger charge is -2.10. The molecule has 0 spiro atoms. The van der Waals surface area contributed by atoms with Crippen LogP contribution in [0.25, 0.3) is 0 Å². The van der Waals surface area contributed by atoms with E-state index in [1.807, 2.05) is 36.6 Å². The second kappa shape index (κ2) is 5.00. The van der Waals surface area contributed by atoms with E-state index in [4.69, 9.17) is 11.6 Å². The Morgan fingerprint density at radius 3 is 2.67 bits per heavy atom. The van der Waals surface area contributed by atoms with Gasteiger partial charge in [0, 0.05) is 13.2 Å². The minimum absolute atomic E-state index is 0.0574. The molecule has 0 atom stereocenters. The second-order valence-corrected chi connectivity index (χ2v) is 5.55. The Bertz CT molecular complexity index is 662. The van der Waals surface area contributed by atoms with Gasteiger partial charge in [-0.2, -0.15) is 5.10 Å². The molecule has 2 heterocycles. The van der Waals surface area contributed by atoms with Gasteiger partial charge in [0.2, 0.25) is 0 Å². The zero-order valence-corrected chi connectivity index (χ0v) is 13.2. The minimum Gasteiger partial charge on any atom is -0.290 e. The Morgan fingerprint density at radius 1 is 1.44 bits per heavy atom. The van der Waals surface area contributed by atoms with Gasteiger partial charge >= 0.3 is 0 Å². The summed E-state index contributed by atoms with van der Waals surface area (Å²) < 4.78 is 3.89. The van der Waals surface area contributed by atoms with Crippen molar-refractivity contribution in [1.29, 1.82) is 0 Å². The monoisotopic (exact) mass is 378 g/mol. The minimum atomic E-state index is -0.0574. The van der Waals surface area contributed by atoms with E-state index in [2.05, 4.69) is 10.1 Å². The molecule has 0 aliphatic rings. The first-order valence-corrected chi connectivity index (χ1v) is 6.77. The summed E-state index contributed by atoms with van der Waals surface area (Å²) in [6.45, 7) is 4.02. The fourth-order valence-corrected chi connectivity index (χ4v) is 2.39. The highest BCUT2D eigenvalue weighted by atomic mass is 127. The van der Waals surface area contributed by atoms with Crippen molar-refractivity contribution in [1.82, 2.24) is 19.3 Å². The maximum Gasteiger partial charge on any atom is 0.267 e. The summed E-state index contributed by atoms with van der Waals surface area (Å²) >= 11 is 8.17. The molecule has 0 N–H and O–H groups in total. The van der Waals surface area contributed by atoms with Crippen LogP contribution in [0.4, 0.5) is 0 Å². The number of halogens is 2. The molecule has 0 saturated carbocycles. The molecule has 0 unspecified atom stereocenters. The van der Waals surface area contributed by atoms with Crippen LogP contribution in [0.5, 0.6) is 0 Å². The summed E-state index contributed by atoms with van der Waals surface area (Å²) in [6.07, 6.45) is 1.57. The highest BCUT2D eigenvalue weighted by Gasteiger charge is 2.14. The van der Waals surface area contributed by atoms with Crippen LogP contribution in [0, 0.1) is 17.4 Å². The fourth-order valence-electron chi connectivity index (χ4n) is 1.74. The summed E-state index contributed by atoms with van der Waals surface area (Å²) in [5.74, 6) is 0.662. The van der Waals surface area contributed by atoms with Crippen molar-refractivity contribution < 1.29 is 0 Å². The van der Waals surface area contributed by atoms with Gasteiger partial charge < -0.3 is 0 Å². The maximum atomic E-state index is 12.1. The van der Waals surface area contributed by atoms with Crippen LogP contribution in [0.15, 0.2) is 11.0 Å². The lowest BCUT2D eigenvalue weighted by molar-refractivity contribution is 0.626. The summed E-state index contributed by atoms with van der Waals surface area (Å²) in [5.41, 5.74) is 1.51. The molecule has 0 amide bonds. The highest BCUT2D eigenvalue weighted by molar-refractivity contribution is 14.1. The molecule has 18 heavy (non-hydrogen) atoms. The number of nitrogens with zero attached hydrogens (tertiary/aromatic N) is 4. The second-order valence-electron chi connectivity index (χ2n) is 4.01. The van der Waals surface area contributed by atoms with Crippen molar-refractivity contribution in [3.8, 4) is 0 Å². The van der Waals surface area contributed by atoms with Gasteiger partial charge in [0.05, 0.1) is 26.5 Å². The topological polar surface area (TPSA) is 52.7 Å². The Balaban J connectivity index is 2.53. The molecule has 0 aromatic carbocycles. The Labute approximate surface area is 123 Å². The van der Waals surface area contributed by atoms with Crippen molar-refractivity contribution in [3.05, 3.63) is 42.4 Å². The Hall–Kier alpha value is -0.890. The molecular weight excluding hydrogens is 367 g/mol. The van der Waals surface area contributed by atoms with Gasteiger partial charge in [-0.1, -0.05) is 11.6 Å². The van der Waals surface area contributed by atoms with E-state index in [1.165, 1.54) is 0 Å². The van der Waals surface area contributed by atoms with E-state index < -0.39 is 0 Å². The van der Waals surface area contributed by atoms with Gasteiger partial charge in [0.1, 0.15) is 5.82 Å². The number of hydrogen-bond donors (Lipinski definition) is 0. The van der Waals surface area contributed by atoms with Gasteiger partial charge in [-0.15, -0.1) is 0 Å². The third-order valence-electron chi connectivity index (χ3n) is 2.77. The largest absolute Gasteiger partial charge is 0.290 e. The third-order valence-corrected chi connectivity index (χ3v) is 4.01. The molecular formula is C11H12ClIN4O. The van der Waals surface area contributed by atoms with Crippen molar-refractivity contribution >= 4 is 34.2 Å². The third kappa shape index (κ3) is 2.31. The molecule has 0 fully saturated rings. The van der Waals surface area contributed by atoms with Crippen LogP contribution in [-0.2, 0) is 13.6 Å². The molecule has 96 valence electrons. The molecule has 2 aromatic heterocycles. The maximum absolute atomic E-state index is 12.1. The molecule has 0 aliphatic heterocycles. The number of hydrogen-bond acceptors (Lipinski definition) is 3. The van der Waals surface area contributed by atoms with Gasteiger partial charge in [0.25, 0.3) is 5.56 Å². The van der Waals surface area contributed by atoms with Crippen LogP contribution in [0.2, 0.25) is 5.02 Å². The lowest BCUT2D eigenvalue weighted by atomic mass is 10.3. The zero-order valence-electron chi connectivity index (χ0n) is 10.2. The SMILES string of the molecule is Cc1nn(C)c(Cn2c(C)ncc(I)c2=O)c1Cl. The highest BCUT2D eigenvalue weighted by Crippen LogP contribution is 2.20. The average Bonchev–Trinajstić information content (AvgIpc) is 2.55. The summed E-state index contributed by atoms with van der Waals surface area (Å²) in [5, 5.41) is 4.84. The Kier molecular flexibility index (Phi) is 3.76. The van der Waals surface area contributed by atoms with Crippen LogP contribution in [0.3, 0.4) is 0 Å². The van der Waals surface area contributed by atoms with Gasteiger partial charge in [-0.25, -0.2) is 4.98 Å². The standard InChI is InChI=1S/C11H12ClIN4O/c1-6-10(12)9(16(3)15-6)5-17-7(2)14-4-8(13)11(17)18/h4H,5H2,1-3H3. The molecule has 0 bridgehead atoms. The molecule has 2 rings (SSSR count). The van der Waals surface area contributed by atoms with Crippen LogP contribution < -0.4 is 5.56 Å². The van der Waals surface area contributed by atoms with Crippen molar-refractivity contribution in [2.75, 3.05) is 0 Å². The van der Waals surface area contributed by atoms with Crippen LogP contribution >= 0.6 is 34.2 Å². The first kappa shape index (κ1) is 13.5.